The van der Waals surface area contributed by atoms with Gasteiger partial charge in [-0.15, -0.1) is 0 Å². The van der Waals surface area contributed by atoms with Crippen LogP contribution in [0.4, 0.5) is 0 Å². The number of hydrogen-bond donors (Lipinski definition) is 1. The van der Waals surface area contributed by atoms with Gasteiger partial charge in [0.1, 0.15) is 0 Å². The number of fused-ring (bicyclic) bond motifs is 1. The molecule has 1 aromatic heterocycles. The molecular weight excluding hydrogens is 238 g/mol. The Morgan fingerprint density at radius 2 is 2.05 bits per heavy atom. The van der Waals surface area contributed by atoms with Crippen LogP contribution in [0.2, 0.25) is 0 Å². The van der Waals surface area contributed by atoms with Crippen molar-refractivity contribution < 1.29 is 4.74 Å². The van der Waals surface area contributed by atoms with Gasteiger partial charge in [-0.2, -0.15) is 5.10 Å². The molecule has 2 aromatic rings. The maximum Gasteiger partial charge on any atom is 0.0841 e. The highest BCUT2D eigenvalue weighted by molar-refractivity contribution is 5.81. The first kappa shape index (κ1) is 14.0. The van der Waals surface area contributed by atoms with Gasteiger partial charge in [-0.25, -0.2) is 0 Å². The summed E-state index contributed by atoms with van der Waals surface area (Å²) in [5, 5.41) is 9.12. The third-order valence-electron chi connectivity index (χ3n) is 3.56. The molecule has 4 nitrogen and oxygen atoms in total. The van der Waals surface area contributed by atoms with E-state index in [0.29, 0.717) is 0 Å². The Labute approximate surface area is 114 Å². The lowest BCUT2D eigenvalue weighted by molar-refractivity contribution is 0.0115. The van der Waals surface area contributed by atoms with Crippen molar-refractivity contribution in [3.05, 3.63) is 30.0 Å². The van der Waals surface area contributed by atoms with Gasteiger partial charge in [-0.3, -0.25) is 4.68 Å². The molecule has 0 saturated heterocycles. The Balaban J connectivity index is 2.28. The summed E-state index contributed by atoms with van der Waals surface area (Å²) >= 11 is 0. The Morgan fingerprint density at radius 3 is 2.74 bits per heavy atom. The summed E-state index contributed by atoms with van der Waals surface area (Å²) in [5.74, 6) is 0. The summed E-state index contributed by atoms with van der Waals surface area (Å²) in [6.07, 6.45) is 0.939. The monoisotopic (exact) mass is 261 g/mol. The number of aromatic nitrogens is 2. The van der Waals surface area contributed by atoms with Gasteiger partial charge in [0.2, 0.25) is 0 Å². The van der Waals surface area contributed by atoms with Gasteiger partial charge in [0.15, 0.2) is 0 Å². The van der Waals surface area contributed by atoms with E-state index in [0.717, 1.165) is 25.2 Å². The van der Waals surface area contributed by atoms with Gasteiger partial charge >= 0.3 is 0 Å². The molecule has 0 amide bonds. The summed E-state index contributed by atoms with van der Waals surface area (Å²) < 4.78 is 7.56. The molecule has 104 valence electrons. The SMILES string of the molecule is CNCc1nn(CCC(C)(C)OC)c2ccccc12. The number of para-hydroxylation sites is 1. The molecule has 19 heavy (non-hydrogen) atoms. The molecular formula is C15H23N3O. The van der Waals surface area contributed by atoms with Crippen LogP contribution >= 0.6 is 0 Å². The Kier molecular flexibility index (Phi) is 4.22. The zero-order valence-corrected chi connectivity index (χ0v) is 12.2. The van der Waals surface area contributed by atoms with Crippen molar-refractivity contribution >= 4 is 10.9 Å². The third-order valence-corrected chi connectivity index (χ3v) is 3.56. The molecule has 0 aliphatic heterocycles. The smallest absolute Gasteiger partial charge is 0.0841 e. The summed E-state index contributed by atoms with van der Waals surface area (Å²) in [5.41, 5.74) is 2.18. The van der Waals surface area contributed by atoms with Crippen LogP contribution < -0.4 is 5.32 Å². The van der Waals surface area contributed by atoms with Crippen LogP contribution in [0.3, 0.4) is 0 Å². The van der Waals surface area contributed by atoms with Crippen molar-refractivity contribution in [1.82, 2.24) is 15.1 Å². The number of methoxy groups -OCH3 is 1. The minimum Gasteiger partial charge on any atom is -0.379 e. The number of nitrogens with zero attached hydrogens (tertiary/aromatic N) is 2. The third kappa shape index (κ3) is 3.14. The van der Waals surface area contributed by atoms with Crippen LogP contribution in [0.25, 0.3) is 10.9 Å². The second kappa shape index (κ2) is 5.72. The second-order valence-electron chi connectivity index (χ2n) is 5.43. The first-order valence-corrected chi connectivity index (χ1v) is 6.71. The van der Waals surface area contributed by atoms with E-state index in [1.807, 2.05) is 7.05 Å². The van der Waals surface area contributed by atoms with E-state index in [4.69, 9.17) is 9.84 Å². The highest BCUT2D eigenvalue weighted by Gasteiger charge is 2.17. The fraction of sp³-hybridized carbons (Fsp3) is 0.533. The fourth-order valence-corrected chi connectivity index (χ4v) is 2.14. The van der Waals surface area contributed by atoms with E-state index >= 15 is 0 Å². The molecule has 0 atom stereocenters. The zero-order chi connectivity index (χ0) is 13.9. The largest absolute Gasteiger partial charge is 0.379 e. The van der Waals surface area contributed by atoms with Gasteiger partial charge in [0.05, 0.1) is 16.8 Å². The van der Waals surface area contributed by atoms with E-state index in [2.05, 4.69) is 48.1 Å². The topological polar surface area (TPSA) is 39.1 Å². The molecule has 0 bridgehead atoms. The lowest BCUT2D eigenvalue weighted by Crippen LogP contribution is -2.24. The van der Waals surface area contributed by atoms with Crippen LogP contribution in [-0.4, -0.2) is 29.5 Å². The lowest BCUT2D eigenvalue weighted by atomic mass is 10.1. The average molecular weight is 261 g/mol. The first-order chi connectivity index (χ1) is 9.07. The van der Waals surface area contributed by atoms with Gasteiger partial charge < -0.3 is 10.1 Å². The van der Waals surface area contributed by atoms with E-state index in [9.17, 15) is 0 Å². The molecule has 0 aliphatic rings. The summed E-state index contributed by atoms with van der Waals surface area (Å²) in [4.78, 5) is 0. The van der Waals surface area contributed by atoms with E-state index in [-0.39, 0.29) is 5.60 Å². The van der Waals surface area contributed by atoms with Crippen molar-refractivity contribution in [1.29, 1.82) is 0 Å². The van der Waals surface area contributed by atoms with Crippen molar-refractivity contribution in [3.63, 3.8) is 0 Å². The van der Waals surface area contributed by atoms with E-state index < -0.39 is 0 Å². The van der Waals surface area contributed by atoms with Crippen LogP contribution in [0.15, 0.2) is 24.3 Å². The molecule has 0 radical (unpaired) electrons. The second-order valence-corrected chi connectivity index (χ2v) is 5.43. The predicted octanol–water partition coefficient (Wildman–Crippen LogP) is 2.57. The number of nitrogens with one attached hydrogen (secondary N) is 1. The highest BCUT2D eigenvalue weighted by Crippen LogP contribution is 2.21. The zero-order valence-electron chi connectivity index (χ0n) is 12.2. The van der Waals surface area contributed by atoms with Crippen molar-refractivity contribution in [2.24, 2.45) is 0 Å². The normalized spacial score (nSPS) is 12.2. The lowest BCUT2D eigenvalue weighted by Gasteiger charge is -2.22. The fourth-order valence-electron chi connectivity index (χ4n) is 2.14. The van der Waals surface area contributed by atoms with Gasteiger partial charge in [-0.05, 0) is 33.4 Å². The molecule has 0 saturated carbocycles. The standard InChI is InChI=1S/C15H23N3O/c1-15(2,19-4)9-10-18-14-8-6-5-7-12(14)13(17-18)11-16-3/h5-8,16H,9-11H2,1-4H3. The predicted molar refractivity (Wildman–Crippen MR) is 78.2 cm³/mol. The van der Waals surface area contributed by atoms with Crippen molar-refractivity contribution in [2.75, 3.05) is 14.2 Å². The van der Waals surface area contributed by atoms with Gasteiger partial charge in [0.25, 0.3) is 0 Å². The number of hydrogen-bond acceptors (Lipinski definition) is 3. The highest BCUT2D eigenvalue weighted by atomic mass is 16.5. The molecule has 4 heteroatoms. The molecule has 0 fully saturated rings. The maximum absolute atomic E-state index is 5.47. The minimum atomic E-state index is -0.115. The van der Waals surface area contributed by atoms with Crippen molar-refractivity contribution in [3.8, 4) is 0 Å². The molecule has 1 heterocycles. The minimum absolute atomic E-state index is 0.115. The quantitative estimate of drug-likeness (QED) is 0.868. The molecule has 0 unspecified atom stereocenters. The number of benzene rings is 1. The maximum atomic E-state index is 5.47. The molecule has 2 rings (SSSR count). The number of ether oxygens (including phenoxy) is 1. The van der Waals surface area contributed by atoms with E-state index in [1.165, 1.54) is 10.9 Å². The van der Waals surface area contributed by atoms with Crippen LogP contribution in [-0.2, 0) is 17.8 Å². The Morgan fingerprint density at radius 1 is 1.32 bits per heavy atom. The Bertz CT molecular complexity index is 545. The number of rotatable bonds is 6. The summed E-state index contributed by atoms with van der Waals surface area (Å²) in [6, 6.07) is 8.38. The van der Waals surface area contributed by atoms with Crippen molar-refractivity contribution in [2.45, 2.75) is 39.0 Å². The molecule has 1 N–H and O–H groups in total. The molecule has 0 spiro atoms. The Hall–Kier alpha value is -1.39. The van der Waals surface area contributed by atoms with Gasteiger partial charge in [-0.1, -0.05) is 18.2 Å². The van der Waals surface area contributed by atoms with Crippen LogP contribution in [0.1, 0.15) is 26.0 Å². The van der Waals surface area contributed by atoms with E-state index in [1.54, 1.807) is 7.11 Å². The summed E-state index contributed by atoms with van der Waals surface area (Å²) in [7, 11) is 3.70. The van der Waals surface area contributed by atoms with Crippen LogP contribution in [0, 0.1) is 0 Å². The van der Waals surface area contributed by atoms with Gasteiger partial charge in [0, 0.05) is 25.6 Å². The average Bonchev–Trinajstić information content (AvgIpc) is 2.76. The molecule has 0 aliphatic carbocycles. The summed E-state index contributed by atoms with van der Waals surface area (Å²) in [6.45, 7) is 5.87. The number of aryl methyl sites for hydroxylation is 1. The van der Waals surface area contributed by atoms with Crippen LogP contribution in [0.5, 0.6) is 0 Å². The molecule has 1 aromatic carbocycles. The first-order valence-electron chi connectivity index (χ1n) is 6.71.